The van der Waals surface area contributed by atoms with Gasteiger partial charge in [0.05, 0.1) is 14.2 Å². The molecule has 0 bridgehead atoms. The molecule has 2 rings (SSSR count). The highest BCUT2D eigenvalue weighted by Crippen LogP contribution is 2.32. The fourth-order valence-corrected chi connectivity index (χ4v) is 2.37. The lowest BCUT2D eigenvalue weighted by Gasteiger charge is -2.12. The number of nitriles is 1. The molecule has 114 valence electrons. The van der Waals surface area contributed by atoms with Gasteiger partial charge < -0.3 is 14.8 Å². The van der Waals surface area contributed by atoms with Crippen molar-refractivity contribution in [1.29, 1.82) is 5.26 Å². The van der Waals surface area contributed by atoms with Gasteiger partial charge in [-0.3, -0.25) is 0 Å². The maximum Gasteiger partial charge on any atom is 0.190 e. The van der Waals surface area contributed by atoms with Crippen molar-refractivity contribution in [3.8, 4) is 17.6 Å². The van der Waals surface area contributed by atoms with Gasteiger partial charge in [-0.15, -0.1) is 0 Å². The third kappa shape index (κ3) is 3.35. The van der Waals surface area contributed by atoms with E-state index in [1.54, 1.807) is 32.4 Å². The van der Waals surface area contributed by atoms with Gasteiger partial charge in [-0.25, -0.2) is 9.97 Å². The molecule has 1 aromatic heterocycles. The number of nitrogens with zero attached hydrogens (tertiary/aromatic N) is 3. The van der Waals surface area contributed by atoms with Crippen molar-refractivity contribution in [2.45, 2.75) is 5.16 Å². The van der Waals surface area contributed by atoms with Crippen molar-refractivity contribution < 1.29 is 9.47 Å². The number of anilines is 2. The predicted octanol–water partition coefficient (Wildman–Crippen LogP) is 3.48. The summed E-state index contributed by atoms with van der Waals surface area (Å²) in [6.45, 7) is 0. The fourth-order valence-electron chi connectivity index (χ4n) is 1.75. The molecule has 0 amide bonds. The molecule has 0 aliphatic heterocycles. The SMILES string of the molecule is COc1ccc(Nc2nc(SC)nc(Cl)c2C#N)cc1OC. The van der Waals surface area contributed by atoms with Gasteiger partial charge in [-0.05, 0) is 18.4 Å². The zero-order chi connectivity index (χ0) is 16.1. The number of methoxy groups -OCH3 is 2. The van der Waals surface area contributed by atoms with Crippen LogP contribution in [0.3, 0.4) is 0 Å². The average Bonchev–Trinajstić information content (AvgIpc) is 2.54. The lowest BCUT2D eigenvalue weighted by Crippen LogP contribution is -2.02. The highest BCUT2D eigenvalue weighted by molar-refractivity contribution is 7.98. The summed E-state index contributed by atoms with van der Waals surface area (Å²) in [6.07, 6.45) is 1.83. The maximum absolute atomic E-state index is 9.22. The summed E-state index contributed by atoms with van der Waals surface area (Å²) in [5.74, 6) is 1.52. The van der Waals surface area contributed by atoms with Crippen LogP contribution < -0.4 is 14.8 Å². The Morgan fingerprint density at radius 1 is 1.23 bits per heavy atom. The fraction of sp³-hybridized carbons (Fsp3) is 0.214. The number of halogens is 1. The Morgan fingerprint density at radius 2 is 1.95 bits per heavy atom. The molecular formula is C14H13ClN4O2S. The van der Waals surface area contributed by atoms with Crippen molar-refractivity contribution in [3.63, 3.8) is 0 Å². The molecule has 8 heteroatoms. The first-order valence-electron chi connectivity index (χ1n) is 6.13. The van der Waals surface area contributed by atoms with Crippen molar-refractivity contribution in [2.24, 2.45) is 0 Å². The summed E-state index contributed by atoms with van der Waals surface area (Å²) in [6, 6.07) is 7.29. The summed E-state index contributed by atoms with van der Waals surface area (Å²) in [7, 11) is 3.11. The second kappa shape index (κ2) is 7.20. The van der Waals surface area contributed by atoms with Crippen LogP contribution >= 0.6 is 23.4 Å². The lowest BCUT2D eigenvalue weighted by atomic mass is 10.2. The van der Waals surface area contributed by atoms with E-state index in [-0.39, 0.29) is 10.7 Å². The first-order chi connectivity index (χ1) is 10.6. The quantitative estimate of drug-likeness (QED) is 0.508. The molecule has 1 N–H and O–H groups in total. The summed E-state index contributed by atoms with van der Waals surface area (Å²) < 4.78 is 10.4. The molecular weight excluding hydrogens is 324 g/mol. The monoisotopic (exact) mass is 336 g/mol. The summed E-state index contributed by atoms with van der Waals surface area (Å²) in [4.78, 5) is 8.31. The molecule has 2 aromatic rings. The summed E-state index contributed by atoms with van der Waals surface area (Å²) in [5.41, 5.74) is 0.880. The highest BCUT2D eigenvalue weighted by Gasteiger charge is 2.14. The number of thioether (sulfide) groups is 1. The largest absolute Gasteiger partial charge is 0.493 e. The summed E-state index contributed by atoms with van der Waals surface area (Å²) >= 11 is 7.35. The Morgan fingerprint density at radius 3 is 2.55 bits per heavy atom. The van der Waals surface area contributed by atoms with E-state index in [4.69, 9.17) is 21.1 Å². The highest BCUT2D eigenvalue weighted by atomic mass is 35.5. The third-order valence-corrected chi connectivity index (χ3v) is 3.61. The van der Waals surface area contributed by atoms with Crippen LogP contribution in [-0.2, 0) is 0 Å². The van der Waals surface area contributed by atoms with Crippen molar-refractivity contribution in [2.75, 3.05) is 25.8 Å². The van der Waals surface area contributed by atoms with Gasteiger partial charge in [0, 0.05) is 11.8 Å². The Labute approximate surface area is 137 Å². The molecule has 0 radical (unpaired) electrons. The molecule has 0 aliphatic carbocycles. The lowest BCUT2D eigenvalue weighted by molar-refractivity contribution is 0.355. The van der Waals surface area contributed by atoms with E-state index in [2.05, 4.69) is 15.3 Å². The van der Waals surface area contributed by atoms with E-state index in [0.29, 0.717) is 28.2 Å². The van der Waals surface area contributed by atoms with Gasteiger partial charge in [0.25, 0.3) is 0 Å². The van der Waals surface area contributed by atoms with E-state index in [0.717, 1.165) is 0 Å². The van der Waals surface area contributed by atoms with Crippen molar-refractivity contribution >= 4 is 34.9 Å². The number of rotatable bonds is 5. The molecule has 6 nitrogen and oxygen atoms in total. The minimum atomic E-state index is 0.116. The van der Waals surface area contributed by atoms with Crippen LogP contribution in [0.15, 0.2) is 23.4 Å². The van der Waals surface area contributed by atoms with E-state index in [1.165, 1.54) is 11.8 Å². The van der Waals surface area contributed by atoms with E-state index >= 15 is 0 Å². The van der Waals surface area contributed by atoms with Gasteiger partial charge >= 0.3 is 0 Å². The zero-order valence-corrected chi connectivity index (χ0v) is 13.7. The molecule has 0 atom stereocenters. The Hall–Kier alpha value is -2.17. The molecule has 0 saturated heterocycles. The van der Waals surface area contributed by atoms with E-state index in [9.17, 15) is 5.26 Å². The van der Waals surface area contributed by atoms with Gasteiger partial charge in [0.2, 0.25) is 0 Å². The minimum Gasteiger partial charge on any atom is -0.493 e. The normalized spacial score (nSPS) is 9.95. The van der Waals surface area contributed by atoms with Gasteiger partial charge in [0.1, 0.15) is 11.6 Å². The number of hydrogen-bond acceptors (Lipinski definition) is 7. The smallest absolute Gasteiger partial charge is 0.190 e. The number of hydrogen-bond donors (Lipinski definition) is 1. The molecule has 1 aromatic carbocycles. The van der Waals surface area contributed by atoms with E-state index < -0.39 is 0 Å². The zero-order valence-electron chi connectivity index (χ0n) is 12.2. The molecule has 0 aliphatic rings. The molecule has 0 spiro atoms. The molecule has 0 saturated carbocycles. The number of benzene rings is 1. The van der Waals surface area contributed by atoms with Crippen LogP contribution in [0, 0.1) is 11.3 Å². The van der Waals surface area contributed by atoms with Crippen LogP contribution in [-0.4, -0.2) is 30.4 Å². The van der Waals surface area contributed by atoms with Crippen LogP contribution in [0.1, 0.15) is 5.56 Å². The Bertz CT molecular complexity index is 734. The second-order valence-electron chi connectivity index (χ2n) is 4.03. The number of aromatic nitrogens is 2. The first kappa shape index (κ1) is 16.2. The molecule has 0 unspecified atom stereocenters. The van der Waals surface area contributed by atoms with Crippen LogP contribution in [0.25, 0.3) is 0 Å². The maximum atomic E-state index is 9.22. The molecule has 22 heavy (non-hydrogen) atoms. The first-order valence-corrected chi connectivity index (χ1v) is 7.73. The van der Waals surface area contributed by atoms with Crippen LogP contribution in [0.5, 0.6) is 11.5 Å². The van der Waals surface area contributed by atoms with E-state index in [1.807, 2.05) is 12.3 Å². The van der Waals surface area contributed by atoms with Crippen LogP contribution in [0.2, 0.25) is 5.15 Å². The van der Waals surface area contributed by atoms with Gasteiger partial charge in [-0.1, -0.05) is 23.4 Å². The molecule has 0 fully saturated rings. The van der Waals surface area contributed by atoms with Crippen molar-refractivity contribution in [1.82, 2.24) is 9.97 Å². The summed E-state index contributed by atoms with van der Waals surface area (Å²) in [5, 5.41) is 12.9. The standard InChI is InChI=1S/C14H13ClN4O2S/c1-20-10-5-4-8(6-11(10)21-2)17-13-9(7-16)12(15)18-14(19-13)22-3/h4-6H,1-3H3,(H,17,18,19). The average molecular weight is 337 g/mol. The predicted molar refractivity (Wildman–Crippen MR) is 86.4 cm³/mol. The number of nitrogens with one attached hydrogen (secondary N) is 1. The second-order valence-corrected chi connectivity index (χ2v) is 5.16. The topological polar surface area (TPSA) is 80.1 Å². The van der Waals surface area contributed by atoms with Gasteiger partial charge in [-0.2, -0.15) is 5.26 Å². The molecule has 1 heterocycles. The Balaban J connectivity index is 2.42. The minimum absolute atomic E-state index is 0.116. The van der Waals surface area contributed by atoms with Crippen LogP contribution in [0.4, 0.5) is 11.5 Å². The third-order valence-electron chi connectivity index (χ3n) is 2.79. The van der Waals surface area contributed by atoms with Crippen molar-refractivity contribution in [3.05, 3.63) is 28.9 Å². The Kier molecular flexibility index (Phi) is 5.31. The number of ether oxygens (including phenoxy) is 2. The van der Waals surface area contributed by atoms with Gasteiger partial charge in [0.15, 0.2) is 27.6 Å².